The first-order chi connectivity index (χ1) is 20.3. The number of hydrogen-bond acceptors (Lipinski definition) is 14. The van der Waals surface area contributed by atoms with E-state index < -0.39 is 51.5 Å². The third kappa shape index (κ3) is 7.15. The summed E-state index contributed by atoms with van der Waals surface area (Å²) in [7, 11) is -3.34. The van der Waals surface area contributed by atoms with Gasteiger partial charge in [-0.05, 0) is 13.0 Å². The fourth-order valence-corrected chi connectivity index (χ4v) is 5.35. The zero-order valence-electron chi connectivity index (χ0n) is 22.7. The van der Waals surface area contributed by atoms with Gasteiger partial charge in [-0.1, -0.05) is 5.16 Å². The number of anilines is 1. The molecule has 0 aromatic carbocycles. The van der Waals surface area contributed by atoms with Crippen LogP contribution in [-0.4, -0.2) is 115 Å². The van der Waals surface area contributed by atoms with E-state index in [-0.39, 0.29) is 47.0 Å². The van der Waals surface area contributed by atoms with Crippen molar-refractivity contribution in [2.24, 2.45) is 21.6 Å². The van der Waals surface area contributed by atoms with Gasteiger partial charge >= 0.3 is 16.3 Å². The summed E-state index contributed by atoms with van der Waals surface area (Å²) >= 11 is 0.966. The Balaban J connectivity index is 1.51. The number of nitrogen functional groups attached to an aromatic ring is 1. The first kappa shape index (κ1) is 31.5. The van der Waals surface area contributed by atoms with Crippen LogP contribution in [0, 0.1) is 0 Å². The molecule has 2 aliphatic rings. The number of nitrogens with zero attached hydrogens (tertiary/aromatic N) is 8. The molecular formula is C21H30N12O8S2. The molecule has 2 fully saturated rings. The van der Waals surface area contributed by atoms with E-state index in [0.29, 0.717) is 25.2 Å². The average Bonchev–Trinajstić information content (AvgIpc) is 3.41. The van der Waals surface area contributed by atoms with Gasteiger partial charge in [0.25, 0.3) is 11.8 Å². The number of aliphatic carboxylic acids is 1. The Morgan fingerprint density at radius 2 is 2.09 bits per heavy atom. The third-order valence-electron chi connectivity index (χ3n) is 6.45. The molecule has 20 nitrogen and oxygen atoms in total. The van der Waals surface area contributed by atoms with E-state index in [9.17, 15) is 32.5 Å². The van der Waals surface area contributed by atoms with Crippen molar-refractivity contribution in [3.8, 4) is 0 Å². The van der Waals surface area contributed by atoms with Crippen LogP contribution >= 0.6 is 11.3 Å². The van der Waals surface area contributed by atoms with E-state index >= 15 is 0 Å². The van der Waals surface area contributed by atoms with Gasteiger partial charge < -0.3 is 37.4 Å². The Kier molecular flexibility index (Phi) is 9.12. The van der Waals surface area contributed by atoms with Crippen LogP contribution in [0.3, 0.4) is 0 Å². The maximum Gasteiger partial charge on any atom is 0.362 e. The predicted octanol–water partition coefficient (Wildman–Crippen LogP) is -3.05. The van der Waals surface area contributed by atoms with Gasteiger partial charge in [-0.15, -0.1) is 11.3 Å². The van der Waals surface area contributed by atoms with Crippen molar-refractivity contribution in [3.05, 3.63) is 23.0 Å². The Morgan fingerprint density at radius 1 is 1.37 bits per heavy atom. The minimum atomic E-state index is -5.02. The molecule has 2 amide bonds. The summed E-state index contributed by atoms with van der Waals surface area (Å²) < 4.78 is 33.8. The van der Waals surface area contributed by atoms with Gasteiger partial charge in [0, 0.05) is 31.8 Å². The molecule has 22 heteroatoms. The van der Waals surface area contributed by atoms with Crippen LogP contribution in [0.4, 0.5) is 5.13 Å². The van der Waals surface area contributed by atoms with Crippen molar-refractivity contribution < 1.29 is 37.3 Å². The highest BCUT2D eigenvalue weighted by Gasteiger charge is 2.56. The number of oxime groups is 1. The van der Waals surface area contributed by atoms with Crippen LogP contribution in [0.5, 0.6) is 0 Å². The van der Waals surface area contributed by atoms with Gasteiger partial charge in [-0.3, -0.25) is 19.1 Å². The summed E-state index contributed by atoms with van der Waals surface area (Å²) in [4.78, 5) is 53.5. The molecule has 3 heterocycles. The number of amides is 2. The molecule has 2 atom stereocenters. The smallest absolute Gasteiger partial charge is 0.362 e. The number of carbonyl (C=O) groups excluding carboxylic acids is 2. The number of β-lactam (4-membered cyclic amide) rings is 1. The maximum absolute atomic E-state index is 13.2. The summed E-state index contributed by atoms with van der Waals surface area (Å²) in [5.74, 6) is -3.21. The number of thiazole rings is 1. The van der Waals surface area contributed by atoms with E-state index in [1.807, 2.05) is 0 Å². The lowest BCUT2D eigenvalue weighted by Gasteiger charge is -2.43. The molecule has 9 N–H and O–H groups in total. The summed E-state index contributed by atoms with van der Waals surface area (Å²) in [6, 6.07) is -2.82. The largest absolute Gasteiger partial charge is 0.478 e. The highest BCUT2D eigenvalue weighted by Crippen LogP contribution is 2.40. The lowest BCUT2D eigenvalue weighted by Crippen LogP contribution is -2.73. The van der Waals surface area contributed by atoms with Crippen molar-refractivity contribution in [3.63, 3.8) is 0 Å². The fraction of sp³-hybridized carbons (Fsp3) is 0.524. The number of guanidine groups is 1. The Bertz CT molecular complexity index is 1550. The van der Waals surface area contributed by atoms with Gasteiger partial charge in [0.2, 0.25) is 5.60 Å². The lowest BCUT2D eigenvalue weighted by atomic mass is 9.98. The molecule has 0 unspecified atom stereocenters. The number of aromatic nitrogens is 4. The van der Waals surface area contributed by atoms with Crippen molar-refractivity contribution in [1.82, 2.24) is 34.5 Å². The predicted molar refractivity (Wildman–Crippen MR) is 150 cm³/mol. The number of rotatable bonds is 14. The first-order valence-corrected chi connectivity index (χ1v) is 15.0. The summed E-state index contributed by atoms with van der Waals surface area (Å²) in [5, 5.41) is 25.2. The Labute approximate surface area is 248 Å². The van der Waals surface area contributed by atoms with Crippen molar-refractivity contribution >= 4 is 56.2 Å². The fourth-order valence-electron chi connectivity index (χ4n) is 3.93. The van der Waals surface area contributed by atoms with Gasteiger partial charge in [-0.2, -0.15) is 23.4 Å². The normalized spacial score (nSPS) is 20.0. The zero-order chi connectivity index (χ0) is 31.5. The monoisotopic (exact) mass is 642 g/mol. The number of nitrogens with two attached hydrogens (primary N) is 3. The number of carboxylic acid groups (broad SMARTS) is 1. The van der Waals surface area contributed by atoms with Gasteiger partial charge in [0.15, 0.2) is 16.8 Å². The van der Waals surface area contributed by atoms with Gasteiger partial charge in [-0.25, -0.2) is 14.1 Å². The molecule has 1 aliphatic carbocycles. The Hall–Kier alpha value is -4.41. The van der Waals surface area contributed by atoms with E-state index in [0.717, 1.165) is 16.1 Å². The van der Waals surface area contributed by atoms with Crippen LogP contribution in [0.25, 0.3) is 0 Å². The molecular weight excluding hydrogens is 612 g/mol. The minimum Gasteiger partial charge on any atom is -0.478 e. The van der Waals surface area contributed by atoms with E-state index in [4.69, 9.17) is 22.0 Å². The highest BCUT2D eigenvalue weighted by molar-refractivity contribution is 7.84. The highest BCUT2D eigenvalue weighted by atomic mass is 32.2. The van der Waals surface area contributed by atoms with Crippen LogP contribution in [-0.2, 0) is 42.6 Å². The number of carboxylic acids is 1. The molecule has 234 valence electrons. The summed E-state index contributed by atoms with van der Waals surface area (Å²) in [5.41, 5.74) is 15.3. The minimum absolute atomic E-state index is 0.0653. The SMILES string of the molecule is CN(Cc1cnn(C[C@@H]2[C@H](NC(=O)/C(=N/OC3(C(=O)O)CC3)c3csc(N)n3)C(=O)N2S(=O)(=O)O)n1)C(N)=NCCCN. The molecule has 1 saturated heterocycles. The quantitative estimate of drug-likeness (QED) is 0.0298. The zero-order valence-corrected chi connectivity index (χ0v) is 24.4. The summed E-state index contributed by atoms with van der Waals surface area (Å²) in [6.45, 7) is 0.753. The number of hydrogen-bond donors (Lipinski definition) is 6. The lowest BCUT2D eigenvalue weighted by molar-refractivity contribution is -0.153. The van der Waals surface area contributed by atoms with Gasteiger partial charge in [0.1, 0.15) is 23.5 Å². The van der Waals surface area contributed by atoms with Crippen LogP contribution in [0.15, 0.2) is 21.7 Å². The second-order valence-corrected chi connectivity index (χ2v) is 11.8. The van der Waals surface area contributed by atoms with Crippen LogP contribution in [0.2, 0.25) is 0 Å². The topological polar surface area (TPSA) is 300 Å². The molecule has 0 radical (unpaired) electrons. The number of aliphatic imine (C=N–C) groups is 1. The molecule has 4 rings (SSSR count). The average molecular weight is 643 g/mol. The number of carbonyl (C=O) groups is 3. The van der Waals surface area contributed by atoms with E-state index in [1.165, 1.54) is 11.6 Å². The van der Waals surface area contributed by atoms with Crippen molar-refractivity contribution in [2.45, 2.75) is 50.0 Å². The second-order valence-electron chi connectivity index (χ2n) is 9.66. The van der Waals surface area contributed by atoms with Gasteiger partial charge in [0.05, 0.1) is 19.3 Å². The molecule has 0 bridgehead atoms. The first-order valence-electron chi connectivity index (χ1n) is 12.7. The second kappa shape index (κ2) is 12.4. The van der Waals surface area contributed by atoms with E-state index in [2.05, 4.69) is 30.6 Å². The van der Waals surface area contributed by atoms with E-state index in [1.54, 1.807) is 11.9 Å². The third-order valence-corrected chi connectivity index (χ3v) is 8.07. The molecule has 2 aromatic heterocycles. The summed E-state index contributed by atoms with van der Waals surface area (Å²) in [6.07, 6.45) is 2.37. The molecule has 0 spiro atoms. The van der Waals surface area contributed by atoms with Crippen LogP contribution in [0.1, 0.15) is 30.7 Å². The molecule has 43 heavy (non-hydrogen) atoms. The molecule has 1 saturated carbocycles. The van der Waals surface area contributed by atoms with Crippen LogP contribution < -0.4 is 22.5 Å². The van der Waals surface area contributed by atoms with Crippen molar-refractivity contribution in [2.75, 3.05) is 25.9 Å². The standard InChI is InChI=1S/C21H30N12O8S2/c1-31(19(23)25-6-2-5-22)8-11-7-26-32(29-11)9-13-15(17(35)33(13)43(38,39)40)28-16(34)14(12-10-42-20(24)27-12)30-41-21(3-4-21)18(36)37/h7,10,13,15H,2-6,8-9,22H2,1H3,(H2,23,25)(H2,24,27)(H,28,34)(H,36,37)(H,38,39,40)/b30-14+/t13-,15+/m1/s1. The maximum atomic E-state index is 13.2. The molecule has 2 aromatic rings. The Morgan fingerprint density at radius 3 is 2.67 bits per heavy atom. The number of nitrogens with one attached hydrogen (secondary N) is 1. The van der Waals surface area contributed by atoms with Crippen molar-refractivity contribution in [1.29, 1.82) is 0 Å². The molecule has 1 aliphatic heterocycles.